The minimum absolute atomic E-state index is 0.0370. The molecule has 0 heterocycles. The van der Waals surface area contributed by atoms with Crippen LogP contribution in [0.2, 0.25) is 0 Å². The van der Waals surface area contributed by atoms with Crippen molar-refractivity contribution in [3.05, 3.63) is 29.3 Å². The Bertz CT molecular complexity index is 448. The van der Waals surface area contributed by atoms with Crippen LogP contribution in [0.1, 0.15) is 41.5 Å². The molecule has 3 N–H and O–H groups in total. The third-order valence-electron chi connectivity index (χ3n) is 2.30. The van der Waals surface area contributed by atoms with Gasteiger partial charge >= 0.3 is 11.9 Å². The van der Waals surface area contributed by atoms with E-state index in [0.717, 1.165) is 25.3 Å². The number of aromatic carboxylic acids is 2. The predicted octanol–water partition coefficient (Wildman–Crippen LogP) is 2.01. The van der Waals surface area contributed by atoms with E-state index in [0.29, 0.717) is 0 Å². The Balaban J connectivity index is 0. The highest BCUT2D eigenvalue weighted by Gasteiger charge is 2.16. The van der Waals surface area contributed by atoms with Crippen molar-refractivity contribution in [3.8, 4) is 5.75 Å². The molecule has 0 aliphatic heterocycles. The first-order valence-corrected chi connectivity index (χ1v) is 6.65. The van der Waals surface area contributed by atoms with Gasteiger partial charge in [-0.3, -0.25) is 0 Å². The summed E-state index contributed by atoms with van der Waals surface area (Å²) in [5, 5.41) is 26.2. The fourth-order valence-electron chi connectivity index (χ4n) is 1.41. The van der Waals surface area contributed by atoms with E-state index in [9.17, 15) is 9.59 Å². The molecule has 0 aromatic heterocycles. The van der Waals surface area contributed by atoms with Gasteiger partial charge in [-0.05, 0) is 32.9 Å². The summed E-state index contributed by atoms with van der Waals surface area (Å²) in [6, 6.07) is 3.51. The molecule has 8 nitrogen and oxygen atoms in total. The third kappa shape index (κ3) is 9.22. The van der Waals surface area contributed by atoms with Gasteiger partial charge in [0.25, 0.3) is 0 Å². The highest BCUT2D eigenvalue weighted by atomic mass is 16.7. The molecule has 130 valence electrons. The Kier molecular flexibility index (Phi) is 13.1. The van der Waals surface area contributed by atoms with Gasteiger partial charge in [-0.1, -0.05) is 6.07 Å². The number of ether oxygens (including phenoxy) is 2. The molecule has 8 heteroatoms. The van der Waals surface area contributed by atoms with Crippen LogP contribution in [0.3, 0.4) is 0 Å². The van der Waals surface area contributed by atoms with E-state index in [-0.39, 0.29) is 6.29 Å². The van der Waals surface area contributed by atoms with E-state index in [2.05, 4.69) is 0 Å². The normalized spacial score (nSPS) is 9.22. The molecule has 1 aromatic carbocycles. The summed E-state index contributed by atoms with van der Waals surface area (Å²) in [6.07, 6.45) is -0.0370. The summed E-state index contributed by atoms with van der Waals surface area (Å²) in [6.45, 7) is 9.25. The second-order valence-corrected chi connectivity index (χ2v) is 3.79. The average molecular weight is 330 g/mol. The number of hydrogen-bond donors (Lipinski definition) is 3. The van der Waals surface area contributed by atoms with Crippen molar-refractivity contribution >= 4 is 18.7 Å². The molecule has 23 heavy (non-hydrogen) atoms. The second-order valence-electron chi connectivity index (χ2n) is 3.79. The van der Waals surface area contributed by atoms with E-state index >= 15 is 0 Å². The molecule has 0 aliphatic rings. The number of benzene rings is 1. The fourth-order valence-corrected chi connectivity index (χ4v) is 1.41. The van der Waals surface area contributed by atoms with Crippen LogP contribution in [0, 0.1) is 0 Å². The lowest BCUT2D eigenvalue weighted by molar-refractivity contribution is -0.123. The maximum Gasteiger partial charge on any atom is 0.339 e. The SMILES string of the molecule is C=O.CCOC(C)OCC.O=C(O)c1cccc(C(=O)O)c1O. The minimum Gasteiger partial charge on any atom is -0.506 e. The molecule has 0 unspecified atom stereocenters. The summed E-state index contributed by atoms with van der Waals surface area (Å²) < 4.78 is 10.1. The molecular formula is C15H22O8. The van der Waals surface area contributed by atoms with Gasteiger partial charge < -0.3 is 29.6 Å². The molecule has 0 bridgehead atoms. The summed E-state index contributed by atoms with van der Waals surface area (Å²) in [4.78, 5) is 28.9. The lowest BCUT2D eigenvalue weighted by atomic mass is 10.1. The van der Waals surface area contributed by atoms with Gasteiger partial charge in [-0.15, -0.1) is 0 Å². The van der Waals surface area contributed by atoms with Gasteiger partial charge in [-0.25, -0.2) is 9.59 Å². The Morgan fingerprint density at radius 1 is 1.04 bits per heavy atom. The van der Waals surface area contributed by atoms with Crippen molar-refractivity contribution in [2.24, 2.45) is 0 Å². The zero-order valence-corrected chi connectivity index (χ0v) is 13.3. The smallest absolute Gasteiger partial charge is 0.339 e. The third-order valence-corrected chi connectivity index (χ3v) is 2.30. The Morgan fingerprint density at radius 3 is 1.65 bits per heavy atom. The van der Waals surface area contributed by atoms with Gasteiger partial charge in [0, 0.05) is 13.2 Å². The van der Waals surface area contributed by atoms with Crippen molar-refractivity contribution in [1.29, 1.82) is 0 Å². The van der Waals surface area contributed by atoms with Crippen molar-refractivity contribution in [2.75, 3.05) is 13.2 Å². The summed E-state index contributed by atoms with van der Waals surface area (Å²) in [7, 11) is 0. The number of aromatic hydroxyl groups is 1. The number of carboxylic acids is 2. The molecule has 0 saturated heterocycles. The molecule has 1 rings (SSSR count). The number of para-hydroxylation sites is 1. The minimum atomic E-state index is -1.36. The molecular weight excluding hydrogens is 308 g/mol. The van der Waals surface area contributed by atoms with E-state index in [1.807, 2.05) is 27.6 Å². The van der Waals surface area contributed by atoms with Gasteiger partial charge in [-0.2, -0.15) is 0 Å². The maximum atomic E-state index is 10.4. The Labute approximate surface area is 134 Å². The maximum absolute atomic E-state index is 10.4. The van der Waals surface area contributed by atoms with E-state index in [4.69, 9.17) is 29.6 Å². The van der Waals surface area contributed by atoms with Crippen LogP contribution < -0.4 is 0 Å². The van der Waals surface area contributed by atoms with Crippen LogP contribution in [0.5, 0.6) is 5.75 Å². The van der Waals surface area contributed by atoms with Gasteiger partial charge in [0.1, 0.15) is 23.7 Å². The van der Waals surface area contributed by atoms with Gasteiger partial charge in [0.2, 0.25) is 0 Å². The number of hydrogen-bond acceptors (Lipinski definition) is 6. The molecule has 0 spiro atoms. The van der Waals surface area contributed by atoms with Crippen LogP contribution in [0.4, 0.5) is 0 Å². The molecule has 0 amide bonds. The standard InChI is InChI=1S/C8H6O5.C6H14O2.CH2O/c9-6-4(7(10)11)2-1-3-5(6)8(12)13;1-4-7-6(3)8-5-2;1-2/h1-3,9H,(H,10,11)(H,12,13);6H,4-5H2,1-3H3;1H2. The first-order valence-electron chi connectivity index (χ1n) is 6.65. The van der Waals surface area contributed by atoms with Crippen LogP contribution in [-0.4, -0.2) is 53.6 Å². The summed E-state index contributed by atoms with van der Waals surface area (Å²) in [5.74, 6) is -3.44. The lowest BCUT2D eigenvalue weighted by Crippen LogP contribution is -2.11. The van der Waals surface area contributed by atoms with Gasteiger partial charge in [0.05, 0.1) is 0 Å². The molecule has 0 radical (unpaired) electrons. The highest BCUT2D eigenvalue weighted by Crippen LogP contribution is 2.21. The topological polar surface area (TPSA) is 130 Å². The fraction of sp³-hybridized carbons (Fsp3) is 0.400. The van der Waals surface area contributed by atoms with Crippen molar-refractivity contribution in [2.45, 2.75) is 27.1 Å². The van der Waals surface area contributed by atoms with Crippen molar-refractivity contribution in [3.63, 3.8) is 0 Å². The largest absolute Gasteiger partial charge is 0.506 e. The number of rotatable bonds is 6. The first kappa shape index (κ1) is 22.8. The molecule has 0 fully saturated rings. The molecule has 1 aromatic rings. The molecule has 0 saturated carbocycles. The van der Waals surface area contributed by atoms with Crippen molar-refractivity contribution in [1.82, 2.24) is 0 Å². The van der Waals surface area contributed by atoms with Crippen LogP contribution in [-0.2, 0) is 14.3 Å². The number of carbonyl (C=O) groups is 3. The molecule has 0 aliphatic carbocycles. The van der Waals surface area contributed by atoms with Crippen LogP contribution in [0.25, 0.3) is 0 Å². The highest BCUT2D eigenvalue weighted by molar-refractivity contribution is 5.98. The second kappa shape index (κ2) is 13.2. The summed E-state index contributed by atoms with van der Waals surface area (Å²) in [5.41, 5.74) is -0.834. The number of carboxylic acid groups (broad SMARTS) is 2. The lowest BCUT2D eigenvalue weighted by Gasteiger charge is -2.09. The quantitative estimate of drug-likeness (QED) is 0.675. The molecule has 0 atom stereocenters. The number of carbonyl (C=O) groups excluding carboxylic acids is 1. The van der Waals surface area contributed by atoms with Crippen LogP contribution in [0.15, 0.2) is 18.2 Å². The van der Waals surface area contributed by atoms with Crippen molar-refractivity contribution < 1.29 is 39.2 Å². The van der Waals surface area contributed by atoms with Gasteiger partial charge in [0.15, 0.2) is 6.29 Å². The summed E-state index contributed by atoms with van der Waals surface area (Å²) >= 11 is 0. The Hall–Kier alpha value is -2.45. The Morgan fingerprint density at radius 2 is 1.39 bits per heavy atom. The van der Waals surface area contributed by atoms with E-state index in [1.54, 1.807) is 0 Å². The monoisotopic (exact) mass is 330 g/mol. The van der Waals surface area contributed by atoms with E-state index < -0.39 is 28.8 Å². The average Bonchev–Trinajstić information content (AvgIpc) is 2.50. The van der Waals surface area contributed by atoms with Crippen LogP contribution >= 0.6 is 0 Å². The van der Waals surface area contributed by atoms with E-state index in [1.165, 1.54) is 6.07 Å². The first-order chi connectivity index (χ1) is 10.8. The number of phenols is 1. The zero-order chi connectivity index (χ0) is 18.4. The zero-order valence-electron chi connectivity index (χ0n) is 13.3. The predicted molar refractivity (Wildman–Crippen MR) is 81.9 cm³/mol.